The van der Waals surface area contributed by atoms with E-state index in [9.17, 15) is 9.59 Å². The zero-order chi connectivity index (χ0) is 35.2. The van der Waals surface area contributed by atoms with Crippen molar-refractivity contribution < 1.29 is 14.1 Å². The van der Waals surface area contributed by atoms with Crippen LogP contribution in [0.4, 0.5) is 5.82 Å². The van der Waals surface area contributed by atoms with Crippen molar-refractivity contribution in [3.63, 3.8) is 0 Å². The molecule has 9 nitrogen and oxygen atoms in total. The van der Waals surface area contributed by atoms with Crippen molar-refractivity contribution in [3.8, 4) is 0 Å². The highest BCUT2D eigenvalue weighted by molar-refractivity contribution is 5.87. The lowest BCUT2D eigenvalue weighted by Gasteiger charge is -2.48. The number of aryl methyl sites for hydroxylation is 1. The Labute approximate surface area is 295 Å². The largest absolute Gasteiger partial charge is 0.367 e. The van der Waals surface area contributed by atoms with Gasteiger partial charge >= 0.3 is 0 Å². The SMILES string of the molecule is Cc1cc(NCCC[C@H]2CN(C(=O)[C@H](N)Cc3ccc4ccccc4c3)[C@H](CC(C)C)CN2C(=O)[C@H](N)Cc2ccc3ccccc3c2)no1. The Morgan fingerprint density at radius 2 is 1.30 bits per heavy atom. The molecule has 2 amide bonds. The highest BCUT2D eigenvalue weighted by Gasteiger charge is 2.41. The van der Waals surface area contributed by atoms with E-state index in [1.54, 1.807) is 0 Å². The van der Waals surface area contributed by atoms with Crippen LogP contribution in [0, 0.1) is 12.8 Å². The third-order valence-corrected chi connectivity index (χ3v) is 9.83. The number of anilines is 1. The van der Waals surface area contributed by atoms with Crippen LogP contribution >= 0.6 is 0 Å². The number of carbonyl (C=O) groups is 2. The minimum Gasteiger partial charge on any atom is -0.367 e. The van der Waals surface area contributed by atoms with Gasteiger partial charge in [0, 0.05) is 37.8 Å². The van der Waals surface area contributed by atoms with Gasteiger partial charge in [0.15, 0.2) is 5.82 Å². The molecule has 1 saturated heterocycles. The number of nitrogens with zero attached hydrogens (tertiary/aromatic N) is 3. The van der Waals surface area contributed by atoms with Crippen LogP contribution in [0.2, 0.25) is 0 Å². The topological polar surface area (TPSA) is 131 Å². The molecule has 4 aromatic carbocycles. The van der Waals surface area contributed by atoms with E-state index in [-0.39, 0.29) is 23.9 Å². The molecule has 0 saturated carbocycles. The fourth-order valence-corrected chi connectivity index (χ4v) is 7.33. The molecule has 5 N–H and O–H groups in total. The summed E-state index contributed by atoms with van der Waals surface area (Å²) in [6.45, 7) is 7.65. The number of amides is 2. The smallest absolute Gasteiger partial charge is 0.240 e. The van der Waals surface area contributed by atoms with Gasteiger partial charge in [-0.1, -0.05) is 104 Å². The molecule has 5 aromatic rings. The number of aromatic nitrogens is 1. The summed E-state index contributed by atoms with van der Waals surface area (Å²) in [7, 11) is 0. The van der Waals surface area contributed by atoms with Crippen LogP contribution in [0.25, 0.3) is 21.5 Å². The molecule has 0 aliphatic carbocycles. The molecular weight excluding hydrogens is 624 g/mol. The maximum absolute atomic E-state index is 14.3. The highest BCUT2D eigenvalue weighted by Crippen LogP contribution is 2.27. The standard InChI is InChI=1S/C41H50N6O3/c1-27(2)19-36-26-46(40(48)37(42)23-29-14-16-31-9-4-6-11-33(31)21-29)35(13-8-18-44-39-20-28(3)50-45-39)25-47(36)41(49)38(43)24-30-15-17-32-10-5-7-12-34(32)22-30/h4-7,9-12,14-17,20-22,27,35-38H,8,13,18-19,23-26,42-43H2,1-3H3,(H,44,45)/t35-,36+,37+,38+/m0/s1. The summed E-state index contributed by atoms with van der Waals surface area (Å²) in [5.74, 6) is 1.59. The van der Waals surface area contributed by atoms with Crippen molar-refractivity contribution >= 4 is 39.2 Å². The number of fused-ring (bicyclic) bond motifs is 2. The third-order valence-electron chi connectivity index (χ3n) is 9.83. The lowest BCUT2D eigenvalue weighted by Crippen LogP contribution is -2.65. The number of benzene rings is 4. The zero-order valence-electron chi connectivity index (χ0n) is 29.4. The van der Waals surface area contributed by atoms with Gasteiger partial charge in [-0.2, -0.15) is 0 Å². The van der Waals surface area contributed by atoms with Crippen molar-refractivity contribution in [1.82, 2.24) is 15.0 Å². The lowest BCUT2D eigenvalue weighted by atomic mass is 9.93. The molecule has 4 atom stereocenters. The first kappa shape index (κ1) is 35.1. The number of nitrogens with one attached hydrogen (secondary N) is 1. The predicted octanol–water partition coefficient (Wildman–Crippen LogP) is 6.08. The molecule has 0 unspecified atom stereocenters. The quantitative estimate of drug-likeness (QED) is 0.129. The minimum atomic E-state index is -0.702. The number of hydrogen-bond acceptors (Lipinski definition) is 7. The Balaban J connectivity index is 1.20. The molecule has 9 heteroatoms. The van der Waals surface area contributed by atoms with Gasteiger partial charge in [0.25, 0.3) is 0 Å². The summed E-state index contributed by atoms with van der Waals surface area (Å²) in [6, 6.07) is 29.0. The normalized spacial score (nSPS) is 17.7. The van der Waals surface area contributed by atoms with E-state index in [1.807, 2.05) is 47.1 Å². The van der Waals surface area contributed by atoms with Crippen molar-refractivity contribution in [2.75, 3.05) is 25.0 Å². The van der Waals surface area contributed by atoms with Crippen LogP contribution in [0.5, 0.6) is 0 Å². The Hall–Kier alpha value is -4.73. The maximum atomic E-state index is 14.3. The van der Waals surface area contributed by atoms with Crippen LogP contribution in [0.15, 0.2) is 95.5 Å². The fourth-order valence-electron chi connectivity index (χ4n) is 7.33. The Morgan fingerprint density at radius 3 is 1.82 bits per heavy atom. The molecule has 2 heterocycles. The van der Waals surface area contributed by atoms with Crippen LogP contribution in [-0.4, -0.2) is 70.6 Å². The second-order valence-electron chi connectivity index (χ2n) is 14.3. The number of nitrogens with two attached hydrogens (primary N) is 2. The first-order valence-electron chi connectivity index (χ1n) is 17.9. The summed E-state index contributed by atoms with van der Waals surface area (Å²) in [4.78, 5) is 32.4. The summed E-state index contributed by atoms with van der Waals surface area (Å²) in [6.07, 6.45) is 3.10. The Kier molecular flexibility index (Phi) is 11.1. The van der Waals surface area contributed by atoms with Crippen LogP contribution in [0.1, 0.15) is 50.0 Å². The van der Waals surface area contributed by atoms with E-state index in [4.69, 9.17) is 16.0 Å². The van der Waals surface area contributed by atoms with E-state index in [2.05, 4.69) is 85.0 Å². The molecule has 1 fully saturated rings. The average Bonchev–Trinajstić information content (AvgIpc) is 3.53. The number of hydrogen-bond donors (Lipinski definition) is 3. The molecule has 0 radical (unpaired) electrons. The summed E-state index contributed by atoms with van der Waals surface area (Å²) in [5, 5.41) is 11.9. The monoisotopic (exact) mass is 674 g/mol. The van der Waals surface area contributed by atoms with Crippen molar-refractivity contribution in [1.29, 1.82) is 0 Å². The Morgan fingerprint density at radius 1 is 0.780 bits per heavy atom. The first-order chi connectivity index (χ1) is 24.1. The maximum Gasteiger partial charge on any atom is 0.240 e. The van der Waals surface area contributed by atoms with Gasteiger partial charge in [-0.15, -0.1) is 0 Å². The second-order valence-corrected chi connectivity index (χ2v) is 14.3. The van der Waals surface area contributed by atoms with Gasteiger partial charge < -0.3 is 31.1 Å². The molecule has 1 aliphatic rings. The van der Waals surface area contributed by atoms with Crippen LogP contribution in [0.3, 0.4) is 0 Å². The van der Waals surface area contributed by atoms with Crippen LogP contribution in [-0.2, 0) is 22.4 Å². The van der Waals surface area contributed by atoms with E-state index in [1.165, 1.54) is 0 Å². The van der Waals surface area contributed by atoms with Gasteiger partial charge in [-0.3, -0.25) is 9.59 Å². The van der Waals surface area contributed by atoms with Crippen molar-refractivity contribution in [3.05, 3.63) is 108 Å². The summed E-state index contributed by atoms with van der Waals surface area (Å²) >= 11 is 0. The molecule has 0 spiro atoms. The van der Waals surface area contributed by atoms with E-state index >= 15 is 0 Å². The molecule has 0 bridgehead atoms. The molecular formula is C41H50N6O3. The van der Waals surface area contributed by atoms with Gasteiger partial charge in [-0.05, 0) is 77.6 Å². The third kappa shape index (κ3) is 8.52. The number of carbonyl (C=O) groups excluding carboxylic acids is 2. The molecule has 50 heavy (non-hydrogen) atoms. The van der Waals surface area contributed by atoms with E-state index < -0.39 is 12.1 Å². The first-order valence-corrected chi connectivity index (χ1v) is 17.9. The van der Waals surface area contributed by atoms with E-state index in [0.717, 1.165) is 51.3 Å². The summed E-state index contributed by atoms with van der Waals surface area (Å²) in [5.41, 5.74) is 15.5. The molecule has 262 valence electrons. The number of piperazine rings is 1. The van der Waals surface area contributed by atoms with Crippen LogP contribution < -0.4 is 16.8 Å². The predicted molar refractivity (Wildman–Crippen MR) is 201 cm³/mol. The highest BCUT2D eigenvalue weighted by atomic mass is 16.5. The fraction of sp³-hybridized carbons (Fsp3) is 0.390. The summed E-state index contributed by atoms with van der Waals surface area (Å²) < 4.78 is 5.19. The van der Waals surface area contributed by atoms with Crippen molar-refractivity contribution in [2.24, 2.45) is 17.4 Å². The van der Waals surface area contributed by atoms with Gasteiger partial charge in [0.2, 0.25) is 11.8 Å². The molecule has 1 aliphatic heterocycles. The van der Waals surface area contributed by atoms with Gasteiger partial charge in [0.05, 0.1) is 12.1 Å². The van der Waals surface area contributed by atoms with Crippen molar-refractivity contribution in [2.45, 2.75) is 77.0 Å². The minimum absolute atomic E-state index is 0.0717. The molecule has 6 rings (SSSR count). The van der Waals surface area contributed by atoms with Gasteiger partial charge in [-0.25, -0.2) is 0 Å². The lowest BCUT2D eigenvalue weighted by molar-refractivity contribution is -0.149. The van der Waals surface area contributed by atoms with E-state index in [0.29, 0.717) is 50.6 Å². The second kappa shape index (κ2) is 15.9. The Bertz CT molecular complexity index is 1920. The zero-order valence-corrected chi connectivity index (χ0v) is 29.4. The van der Waals surface area contributed by atoms with Gasteiger partial charge in [0.1, 0.15) is 5.76 Å². The molecule has 1 aromatic heterocycles. The number of rotatable bonds is 13. The average molecular weight is 675 g/mol.